The summed E-state index contributed by atoms with van der Waals surface area (Å²) in [6.07, 6.45) is 2.06. The van der Waals surface area contributed by atoms with Gasteiger partial charge in [0.15, 0.2) is 0 Å². The number of nitrogens with zero attached hydrogens (tertiary/aromatic N) is 1. The van der Waals surface area contributed by atoms with Crippen LogP contribution in [0.1, 0.15) is 34.8 Å². The van der Waals surface area contributed by atoms with E-state index >= 15 is 0 Å². The van der Waals surface area contributed by atoms with E-state index in [2.05, 4.69) is 5.32 Å². The number of aryl methyl sites for hydroxylation is 1. The van der Waals surface area contributed by atoms with Crippen LogP contribution >= 0.6 is 0 Å². The van der Waals surface area contributed by atoms with E-state index in [0.717, 1.165) is 0 Å². The smallest absolute Gasteiger partial charge is 0.253 e. The van der Waals surface area contributed by atoms with Crippen LogP contribution in [0.4, 0.5) is 4.39 Å². The molecule has 1 fully saturated rings. The molecular weight excluding hydrogens is 339 g/mol. The highest BCUT2D eigenvalue weighted by atomic mass is 19.1. The number of aromatic nitrogens is 1. The van der Waals surface area contributed by atoms with E-state index in [1.54, 1.807) is 7.05 Å². The molecule has 1 aliphatic carbocycles. The van der Waals surface area contributed by atoms with Crippen molar-refractivity contribution < 1.29 is 19.0 Å². The van der Waals surface area contributed by atoms with Gasteiger partial charge >= 0.3 is 0 Å². The molecule has 6 nitrogen and oxygen atoms in total. The predicted octanol–water partition coefficient (Wildman–Crippen LogP) is 1.78. The Morgan fingerprint density at radius 2 is 2.08 bits per heavy atom. The fraction of sp³-hybridized carbons (Fsp3) is 0.368. The van der Waals surface area contributed by atoms with E-state index in [1.165, 1.54) is 48.2 Å². The molecule has 1 heterocycles. The van der Waals surface area contributed by atoms with E-state index in [9.17, 15) is 19.1 Å². The summed E-state index contributed by atoms with van der Waals surface area (Å²) < 4.78 is 20.5. The van der Waals surface area contributed by atoms with Crippen LogP contribution in [0.15, 0.2) is 41.3 Å². The molecule has 0 unspecified atom stereocenters. The van der Waals surface area contributed by atoms with Gasteiger partial charge in [-0.1, -0.05) is 0 Å². The number of aliphatic hydroxyl groups excluding tert-OH is 1. The predicted molar refractivity (Wildman–Crippen MR) is 93.6 cm³/mol. The summed E-state index contributed by atoms with van der Waals surface area (Å²) in [5.74, 6) is -0.365. The monoisotopic (exact) mass is 360 g/mol. The highest BCUT2D eigenvalue weighted by Crippen LogP contribution is 2.41. The number of hydrogen-bond acceptors (Lipinski definition) is 4. The van der Waals surface area contributed by atoms with Gasteiger partial charge in [0.05, 0.1) is 24.8 Å². The lowest BCUT2D eigenvalue weighted by molar-refractivity contribution is 0.0231. The fourth-order valence-corrected chi connectivity index (χ4v) is 3.25. The summed E-state index contributed by atoms with van der Waals surface area (Å²) in [7, 11) is 3.05. The molecule has 0 saturated heterocycles. The van der Waals surface area contributed by atoms with Gasteiger partial charge in [-0.15, -0.1) is 0 Å². The number of methoxy groups -OCH3 is 1. The van der Waals surface area contributed by atoms with Crippen LogP contribution in [0.3, 0.4) is 0 Å². The van der Waals surface area contributed by atoms with E-state index in [4.69, 9.17) is 4.74 Å². The zero-order valence-electron chi connectivity index (χ0n) is 14.6. The third kappa shape index (κ3) is 3.62. The first kappa shape index (κ1) is 18.1. The number of ether oxygens (including phenoxy) is 1. The minimum absolute atomic E-state index is 0.0304. The molecule has 138 valence electrons. The maximum Gasteiger partial charge on any atom is 0.253 e. The number of hydrogen-bond donors (Lipinski definition) is 2. The van der Waals surface area contributed by atoms with Crippen LogP contribution in [0.25, 0.3) is 0 Å². The Morgan fingerprint density at radius 1 is 1.35 bits per heavy atom. The number of pyridine rings is 1. The van der Waals surface area contributed by atoms with Gasteiger partial charge in [0.25, 0.3) is 5.91 Å². The maximum atomic E-state index is 13.8. The molecule has 0 spiro atoms. The van der Waals surface area contributed by atoms with E-state index in [0.29, 0.717) is 29.7 Å². The lowest BCUT2D eigenvalue weighted by Crippen LogP contribution is -2.41. The number of benzene rings is 1. The zero-order chi connectivity index (χ0) is 18.8. The first-order valence-corrected chi connectivity index (χ1v) is 8.38. The summed E-state index contributed by atoms with van der Waals surface area (Å²) >= 11 is 0. The van der Waals surface area contributed by atoms with Crippen molar-refractivity contribution in [3.63, 3.8) is 0 Å². The number of carbonyl (C=O) groups excluding carboxylic acids is 1. The highest BCUT2D eigenvalue weighted by Gasteiger charge is 2.37. The molecule has 1 aliphatic rings. The van der Waals surface area contributed by atoms with Gasteiger partial charge in [0.1, 0.15) is 11.6 Å². The number of nitrogens with one attached hydrogen (secondary N) is 1. The summed E-state index contributed by atoms with van der Waals surface area (Å²) in [4.78, 5) is 24.2. The van der Waals surface area contributed by atoms with Crippen LogP contribution in [0.2, 0.25) is 0 Å². The summed E-state index contributed by atoms with van der Waals surface area (Å²) in [6.45, 7) is 0. The standard InChI is InChI=1S/C19H21FN2O4/c1-22-10-11(3-6-17(22)24)19(25)21-18(12-7-14(23)8-12)15-9-13(20)4-5-16(15)26-2/h3-6,9-10,12,14,18,23H,7-8H2,1-2H3,(H,21,25)/t12?,14?,18-/m0/s1. The fourth-order valence-electron chi connectivity index (χ4n) is 3.25. The van der Waals surface area contributed by atoms with Gasteiger partial charge in [0.2, 0.25) is 5.56 Å². The molecule has 3 rings (SSSR count). The second-order valence-electron chi connectivity index (χ2n) is 6.59. The molecule has 0 aliphatic heterocycles. The number of aliphatic hydroxyl groups is 1. The molecule has 26 heavy (non-hydrogen) atoms. The SMILES string of the molecule is COc1ccc(F)cc1[C@@H](NC(=O)c1ccc(=O)n(C)c1)C1CC(O)C1. The van der Waals surface area contributed by atoms with Gasteiger partial charge < -0.3 is 19.7 Å². The van der Waals surface area contributed by atoms with Crippen molar-refractivity contribution in [1.82, 2.24) is 9.88 Å². The van der Waals surface area contributed by atoms with Crippen molar-refractivity contribution in [3.8, 4) is 5.75 Å². The Morgan fingerprint density at radius 3 is 2.69 bits per heavy atom. The molecule has 1 amide bonds. The molecule has 2 aromatic rings. The quantitative estimate of drug-likeness (QED) is 0.852. The molecule has 0 bridgehead atoms. The number of halogens is 1. The van der Waals surface area contributed by atoms with Crippen LogP contribution in [0, 0.1) is 11.7 Å². The molecule has 7 heteroatoms. The van der Waals surface area contributed by atoms with Crippen molar-refractivity contribution in [2.45, 2.75) is 25.0 Å². The van der Waals surface area contributed by atoms with Crippen LogP contribution in [-0.4, -0.2) is 28.8 Å². The Kier molecular flexibility index (Phi) is 5.08. The average Bonchev–Trinajstić information content (AvgIpc) is 2.59. The topological polar surface area (TPSA) is 80.6 Å². The van der Waals surface area contributed by atoms with Crippen molar-refractivity contribution >= 4 is 5.91 Å². The molecule has 1 atom stereocenters. The molecule has 1 saturated carbocycles. The Balaban J connectivity index is 1.92. The first-order chi connectivity index (χ1) is 12.4. The zero-order valence-corrected chi connectivity index (χ0v) is 14.6. The molecule has 1 aromatic carbocycles. The molecule has 0 radical (unpaired) electrons. The molecule has 1 aromatic heterocycles. The average molecular weight is 360 g/mol. The van der Waals surface area contributed by atoms with Gasteiger partial charge in [-0.25, -0.2) is 4.39 Å². The molecular formula is C19H21FN2O4. The Hall–Kier alpha value is -2.67. The van der Waals surface area contributed by atoms with E-state index in [1.807, 2.05) is 0 Å². The van der Waals surface area contributed by atoms with E-state index < -0.39 is 18.0 Å². The number of amides is 1. The van der Waals surface area contributed by atoms with Crippen LogP contribution < -0.4 is 15.6 Å². The van der Waals surface area contributed by atoms with Gasteiger partial charge in [-0.3, -0.25) is 9.59 Å². The van der Waals surface area contributed by atoms with Gasteiger partial charge in [-0.2, -0.15) is 0 Å². The minimum atomic E-state index is -0.506. The second-order valence-corrected chi connectivity index (χ2v) is 6.59. The van der Waals surface area contributed by atoms with Crippen molar-refractivity contribution in [3.05, 3.63) is 63.8 Å². The largest absolute Gasteiger partial charge is 0.496 e. The van der Waals surface area contributed by atoms with Gasteiger partial charge in [-0.05, 0) is 43.0 Å². The summed E-state index contributed by atoms with van der Waals surface area (Å²) in [6, 6.07) is 6.42. The third-order valence-electron chi connectivity index (χ3n) is 4.78. The number of carbonyl (C=O) groups is 1. The number of rotatable bonds is 5. The lowest BCUT2D eigenvalue weighted by Gasteiger charge is -2.38. The van der Waals surface area contributed by atoms with Crippen molar-refractivity contribution in [2.75, 3.05) is 7.11 Å². The minimum Gasteiger partial charge on any atom is -0.496 e. The third-order valence-corrected chi connectivity index (χ3v) is 4.78. The van der Waals surface area contributed by atoms with Crippen molar-refractivity contribution in [1.29, 1.82) is 0 Å². The highest BCUT2D eigenvalue weighted by molar-refractivity contribution is 5.94. The Bertz CT molecular complexity index is 874. The Labute approximate surface area is 150 Å². The summed E-state index contributed by atoms with van der Waals surface area (Å²) in [5.41, 5.74) is 0.641. The lowest BCUT2D eigenvalue weighted by atomic mass is 9.74. The second kappa shape index (κ2) is 7.29. The maximum absolute atomic E-state index is 13.8. The first-order valence-electron chi connectivity index (χ1n) is 8.38. The molecule has 2 N–H and O–H groups in total. The van der Waals surface area contributed by atoms with Crippen LogP contribution in [0.5, 0.6) is 5.75 Å². The van der Waals surface area contributed by atoms with Gasteiger partial charge in [0, 0.05) is 24.9 Å². The van der Waals surface area contributed by atoms with E-state index in [-0.39, 0.29) is 17.4 Å². The summed E-state index contributed by atoms with van der Waals surface area (Å²) in [5, 5.41) is 12.6. The van der Waals surface area contributed by atoms with Crippen LogP contribution in [-0.2, 0) is 7.05 Å². The normalized spacial score (nSPS) is 20.2. The van der Waals surface area contributed by atoms with Crippen molar-refractivity contribution in [2.24, 2.45) is 13.0 Å².